The zero-order chi connectivity index (χ0) is 19.8. The third kappa shape index (κ3) is 2.98. The number of nitrogens with zero attached hydrogens (tertiary/aromatic N) is 3. The van der Waals surface area contributed by atoms with E-state index in [0.29, 0.717) is 26.4 Å². The number of phenols is 1. The van der Waals surface area contributed by atoms with E-state index in [1.165, 1.54) is 35.0 Å². The van der Waals surface area contributed by atoms with Crippen molar-refractivity contribution < 1.29 is 14.2 Å². The number of hydrogen-bond donors (Lipinski definition) is 1. The van der Waals surface area contributed by atoms with Crippen molar-refractivity contribution in [1.29, 1.82) is 0 Å². The Balaban J connectivity index is 1.81. The first kappa shape index (κ1) is 17.7. The molecule has 0 aliphatic heterocycles. The quantitative estimate of drug-likeness (QED) is 0.542. The van der Waals surface area contributed by atoms with E-state index in [9.17, 15) is 14.3 Å². The molecule has 8 heteroatoms. The predicted octanol–water partition coefficient (Wildman–Crippen LogP) is 3.37. The monoisotopic (exact) mass is 393 g/mol. The van der Waals surface area contributed by atoms with Crippen LogP contribution in [0.15, 0.2) is 47.4 Å². The van der Waals surface area contributed by atoms with Crippen LogP contribution in [-0.4, -0.2) is 21.6 Å². The highest BCUT2D eigenvalue weighted by Gasteiger charge is 2.12. The summed E-state index contributed by atoms with van der Waals surface area (Å²) in [6.45, 7) is 7.10. The Kier molecular flexibility index (Phi) is 4.29. The third-order valence-corrected chi connectivity index (χ3v) is 5.13. The van der Waals surface area contributed by atoms with Crippen LogP contribution in [-0.2, 0) is 0 Å². The summed E-state index contributed by atoms with van der Waals surface area (Å²) in [7, 11) is 1.32. The summed E-state index contributed by atoms with van der Waals surface area (Å²) in [5.41, 5.74) is 1.94. The largest absolute Gasteiger partial charge is 0.502 e. The van der Waals surface area contributed by atoms with Gasteiger partial charge in [0.1, 0.15) is 0 Å². The average Bonchev–Trinajstić information content (AvgIpc) is 3.24. The lowest BCUT2D eigenvalue weighted by atomic mass is 10.1. The number of ether oxygens (including phenoxy) is 1. The fourth-order valence-corrected chi connectivity index (χ4v) is 3.75. The number of rotatable bonds is 3. The molecule has 0 radical (unpaired) electrons. The summed E-state index contributed by atoms with van der Waals surface area (Å²) in [6.07, 6.45) is 3.14. The topological polar surface area (TPSA) is 68.2 Å². The molecule has 2 heterocycles. The van der Waals surface area contributed by atoms with Gasteiger partial charge in [-0.15, -0.1) is 0 Å². The smallest absolute Gasteiger partial charge is 0.274 e. The minimum absolute atomic E-state index is 0.0120. The van der Waals surface area contributed by atoms with Gasteiger partial charge in [-0.05, 0) is 35.4 Å². The molecule has 4 rings (SSSR count). The van der Waals surface area contributed by atoms with Gasteiger partial charge in [-0.1, -0.05) is 29.5 Å². The fourth-order valence-electron chi connectivity index (χ4n) is 2.79. The summed E-state index contributed by atoms with van der Waals surface area (Å²) in [6, 6.07) is 9.57. The minimum Gasteiger partial charge on any atom is -0.502 e. The molecular weight excluding hydrogens is 381 g/mol. The lowest BCUT2D eigenvalue weighted by molar-refractivity contribution is 0.357. The van der Waals surface area contributed by atoms with Gasteiger partial charge in [0.2, 0.25) is 0 Å². The van der Waals surface area contributed by atoms with Crippen LogP contribution in [0.5, 0.6) is 11.5 Å². The zero-order valence-electron chi connectivity index (χ0n) is 14.5. The molecule has 6 nitrogen and oxygen atoms in total. The molecule has 0 unspecified atom stereocenters. The molecule has 2 aromatic heterocycles. The second-order valence-corrected chi connectivity index (χ2v) is 6.92. The highest BCUT2D eigenvalue weighted by molar-refractivity contribution is 7.15. The molecule has 0 atom stereocenters. The van der Waals surface area contributed by atoms with Crippen LogP contribution in [0.3, 0.4) is 0 Å². The van der Waals surface area contributed by atoms with Gasteiger partial charge >= 0.3 is 0 Å². The predicted molar refractivity (Wildman–Crippen MR) is 104 cm³/mol. The molecule has 138 valence electrons. The van der Waals surface area contributed by atoms with E-state index in [1.807, 2.05) is 6.07 Å². The second-order valence-electron chi connectivity index (χ2n) is 5.91. The molecule has 0 amide bonds. The van der Waals surface area contributed by atoms with E-state index < -0.39 is 11.6 Å². The lowest BCUT2D eigenvalue weighted by Gasteiger charge is -2.04. The van der Waals surface area contributed by atoms with Gasteiger partial charge < -0.3 is 9.84 Å². The Morgan fingerprint density at radius 3 is 2.89 bits per heavy atom. The van der Waals surface area contributed by atoms with Crippen molar-refractivity contribution >= 4 is 28.1 Å². The number of hydrogen-bond acceptors (Lipinski definition) is 5. The molecule has 0 fully saturated rings. The summed E-state index contributed by atoms with van der Waals surface area (Å²) in [4.78, 5) is 21.0. The van der Waals surface area contributed by atoms with Crippen molar-refractivity contribution in [3.05, 3.63) is 80.3 Å². The number of aromatic nitrogens is 2. The van der Waals surface area contributed by atoms with Crippen molar-refractivity contribution in [3.8, 4) is 22.8 Å². The summed E-state index contributed by atoms with van der Waals surface area (Å²) < 4.78 is 20.5. The number of halogens is 1. The number of methoxy groups -OCH3 is 1. The van der Waals surface area contributed by atoms with Gasteiger partial charge in [-0.2, -0.15) is 0 Å². The van der Waals surface area contributed by atoms with E-state index in [1.54, 1.807) is 24.4 Å². The average molecular weight is 393 g/mol. The number of thiazole rings is 1. The Bertz CT molecular complexity index is 1370. The van der Waals surface area contributed by atoms with Gasteiger partial charge in [0.15, 0.2) is 28.0 Å². The summed E-state index contributed by atoms with van der Waals surface area (Å²) in [5, 5.41) is 9.59. The van der Waals surface area contributed by atoms with Crippen molar-refractivity contribution in [2.24, 2.45) is 0 Å². The highest BCUT2D eigenvalue weighted by Crippen LogP contribution is 2.30. The van der Waals surface area contributed by atoms with Crippen LogP contribution >= 0.6 is 11.3 Å². The number of benzene rings is 2. The fraction of sp³-hybridized carbons (Fsp3) is 0.0500. The van der Waals surface area contributed by atoms with E-state index in [0.717, 1.165) is 11.6 Å². The van der Waals surface area contributed by atoms with Crippen LogP contribution in [0.25, 0.3) is 27.1 Å². The van der Waals surface area contributed by atoms with E-state index >= 15 is 0 Å². The molecule has 28 heavy (non-hydrogen) atoms. The van der Waals surface area contributed by atoms with Crippen LogP contribution in [0, 0.1) is 12.4 Å². The van der Waals surface area contributed by atoms with Gasteiger partial charge in [-0.25, -0.2) is 14.2 Å². The maximum absolute atomic E-state index is 13.8. The molecule has 4 aromatic rings. The molecule has 1 N–H and O–H groups in total. The number of phenolic OH excluding ortho intramolecular Hbond substituents is 1. The van der Waals surface area contributed by atoms with Crippen LogP contribution in [0.4, 0.5) is 10.1 Å². The third-order valence-electron chi connectivity index (χ3n) is 4.14. The standard InChI is InChI=1S/C20H12FN3O3S/c1-22-13-5-3-4-12(9-13)15-10-24-19(26)17(28-20(24)23-15)8-11-6-14(21)18(25)16(7-11)27-2/h3-10,25H,2H3/b17-8-. The van der Waals surface area contributed by atoms with Gasteiger partial charge in [0.25, 0.3) is 5.56 Å². The molecule has 0 saturated carbocycles. The second kappa shape index (κ2) is 6.79. The molecule has 0 spiro atoms. The van der Waals surface area contributed by atoms with Crippen LogP contribution in [0.2, 0.25) is 0 Å². The number of fused-ring (bicyclic) bond motifs is 1. The van der Waals surface area contributed by atoms with Crippen molar-refractivity contribution in [2.45, 2.75) is 0 Å². The van der Waals surface area contributed by atoms with Crippen molar-refractivity contribution in [3.63, 3.8) is 0 Å². The van der Waals surface area contributed by atoms with Crippen molar-refractivity contribution in [1.82, 2.24) is 9.38 Å². The summed E-state index contributed by atoms with van der Waals surface area (Å²) in [5.74, 6) is -1.42. The van der Waals surface area contributed by atoms with Crippen molar-refractivity contribution in [2.75, 3.05) is 7.11 Å². The molecular formula is C20H12FN3O3S. The van der Waals surface area contributed by atoms with Crippen LogP contribution < -0.4 is 14.8 Å². The molecule has 0 aliphatic carbocycles. The highest BCUT2D eigenvalue weighted by atomic mass is 32.1. The van der Waals surface area contributed by atoms with Crippen LogP contribution in [0.1, 0.15) is 5.56 Å². The Morgan fingerprint density at radius 2 is 2.18 bits per heavy atom. The first-order valence-corrected chi connectivity index (χ1v) is 8.90. The maximum atomic E-state index is 13.8. The SMILES string of the molecule is [C-]#[N+]c1cccc(-c2cn3c(=O)/c(=C/c4cc(F)c(O)c(OC)c4)sc3n2)c1. The molecule has 0 bridgehead atoms. The van der Waals surface area contributed by atoms with E-state index in [2.05, 4.69) is 9.83 Å². The summed E-state index contributed by atoms with van der Waals surface area (Å²) >= 11 is 1.17. The molecule has 0 saturated heterocycles. The Labute approximate surface area is 162 Å². The zero-order valence-corrected chi connectivity index (χ0v) is 15.3. The lowest BCUT2D eigenvalue weighted by Crippen LogP contribution is -2.22. The number of imidazole rings is 1. The van der Waals surface area contributed by atoms with Gasteiger partial charge in [-0.3, -0.25) is 9.20 Å². The minimum atomic E-state index is -0.832. The number of aromatic hydroxyl groups is 1. The van der Waals surface area contributed by atoms with Gasteiger partial charge in [0.05, 0.1) is 23.9 Å². The molecule has 2 aromatic carbocycles. The maximum Gasteiger partial charge on any atom is 0.274 e. The first-order chi connectivity index (χ1) is 13.5. The molecule has 0 aliphatic rings. The Hall–Kier alpha value is -3.70. The first-order valence-electron chi connectivity index (χ1n) is 8.08. The normalized spacial score (nSPS) is 11.7. The van der Waals surface area contributed by atoms with Gasteiger partial charge in [0, 0.05) is 6.20 Å². The Morgan fingerprint density at radius 1 is 1.36 bits per heavy atom. The van der Waals surface area contributed by atoms with E-state index in [4.69, 9.17) is 11.3 Å². The van der Waals surface area contributed by atoms with E-state index in [-0.39, 0.29) is 11.3 Å².